The maximum atomic E-state index is 10.3. The predicted octanol–water partition coefficient (Wildman–Crippen LogP) is -0.398. The molecule has 0 rings (SSSR count). The number of hydrogen-bond donors (Lipinski definition) is 1. The molecular formula is C21H44O14S. The van der Waals surface area contributed by atoms with Crippen LogP contribution >= 0.6 is 0 Å². The maximum Gasteiger partial charge on any atom is 0.397 e. The Bertz CT molecular complexity index is 523. The van der Waals surface area contributed by atoms with Gasteiger partial charge in [-0.3, -0.25) is 4.55 Å². The average molecular weight is 553 g/mol. The summed E-state index contributed by atoms with van der Waals surface area (Å²) in [6.07, 6.45) is 0. The molecular weight excluding hydrogens is 508 g/mol. The summed E-state index contributed by atoms with van der Waals surface area (Å²) in [4.78, 5) is 0. The summed E-state index contributed by atoms with van der Waals surface area (Å²) in [6, 6.07) is 0. The van der Waals surface area contributed by atoms with Gasteiger partial charge in [-0.2, -0.15) is 8.42 Å². The maximum absolute atomic E-state index is 10.3. The van der Waals surface area contributed by atoms with Gasteiger partial charge in [0.2, 0.25) is 0 Å². The van der Waals surface area contributed by atoms with Crippen LogP contribution in [0.1, 0.15) is 0 Å². The second-order valence-corrected chi connectivity index (χ2v) is 7.85. The monoisotopic (exact) mass is 552 g/mol. The molecule has 218 valence electrons. The van der Waals surface area contributed by atoms with Crippen molar-refractivity contribution in [2.75, 3.05) is 139 Å². The second-order valence-electron chi connectivity index (χ2n) is 6.75. The minimum Gasteiger partial charge on any atom is -0.382 e. The minimum atomic E-state index is -4.42. The first kappa shape index (κ1) is 35.5. The molecule has 0 spiro atoms. The fraction of sp³-hybridized carbons (Fsp3) is 1.00. The first-order valence-corrected chi connectivity index (χ1v) is 13.2. The van der Waals surface area contributed by atoms with Crippen LogP contribution in [0.15, 0.2) is 0 Å². The topological polar surface area (TPSA) is 156 Å². The van der Waals surface area contributed by atoms with E-state index in [-0.39, 0.29) is 19.8 Å². The zero-order valence-corrected chi connectivity index (χ0v) is 22.1. The molecule has 0 bridgehead atoms. The highest BCUT2D eigenvalue weighted by atomic mass is 32.3. The van der Waals surface area contributed by atoms with Gasteiger partial charge in [-0.25, -0.2) is 4.18 Å². The van der Waals surface area contributed by atoms with Gasteiger partial charge in [-0.15, -0.1) is 0 Å². The molecule has 0 atom stereocenters. The molecule has 14 nitrogen and oxygen atoms in total. The van der Waals surface area contributed by atoms with E-state index in [1.165, 1.54) is 0 Å². The van der Waals surface area contributed by atoms with E-state index in [4.69, 9.17) is 51.9 Å². The molecule has 0 aliphatic carbocycles. The van der Waals surface area contributed by atoms with Crippen molar-refractivity contribution in [1.82, 2.24) is 0 Å². The molecule has 0 aromatic heterocycles. The van der Waals surface area contributed by atoms with Crippen LogP contribution in [0.5, 0.6) is 0 Å². The molecule has 0 aromatic carbocycles. The lowest BCUT2D eigenvalue weighted by Gasteiger charge is -2.09. The van der Waals surface area contributed by atoms with E-state index in [0.29, 0.717) is 112 Å². The van der Waals surface area contributed by atoms with E-state index in [2.05, 4.69) is 4.18 Å². The molecule has 0 heterocycles. The zero-order chi connectivity index (χ0) is 26.4. The number of rotatable bonds is 31. The van der Waals surface area contributed by atoms with E-state index in [0.717, 1.165) is 0 Å². The standard InChI is InChI=1S/C21H44O14S/c1-25-2-3-26-4-5-27-6-7-28-8-9-29-10-11-30-12-13-31-14-15-32-16-17-33-18-19-34-20-21-35-36(22,23)24/h2-21H2,1H3,(H,22,23,24). The van der Waals surface area contributed by atoms with Gasteiger partial charge in [0, 0.05) is 7.11 Å². The van der Waals surface area contributed by atoms with Gasteiger partial charge in [0.15, 0.2) is 0 Å². The van der Waals surface area contributed by atoms with Crippen LogP contribution in [0.25, 0.3) is 0 Å². The lowest BCUT2D eigenvalue weighted by atomic mass is 10.6. The fourth-order valence-electron chi connectivity index (χ4n) is 2.20. The lowest BCUT2D eigenvalue weighted by Crippen LogP contribution is -2.15. The van der Waals surface area contributed by atoms with Crippen molar-refractivity contribution < 1.29 is 64.5 Å². The molecule has 15 heteroatoms. The third-order valence-electron chi connectivity index (χ3n) is 3.87. The lowest BCUT2D eigenvalue weighted by molar-refractivity contribution is -0.0262. The van der Waals surface area contributed by atoms with Crippen LogP contribution in [0, 0.1) is 0 Å². The SMILES string of the molecule is COCCOCCOCCOCCOCCOCCOCCOCCOCCOCCOS(=O)(=O)O. The van der Waals surface area contributed by atoms with Gasteiger partial charge < -0.3 is 47.4 Å². The Morgan fingerprint density at radius 3 is 0.778 bits per heavy atom. The van der Waals surface area contributed by atoms with E-state index >= 15 is 0 Å². The number of hydrogen-bond acceptors (Lipinski definition) is 13. The molecule has 0 aliphatic rings. The Labute approximate surface area is 214 Å². The van der Waals surface area contributed by atoms with Crippen molar-refractivity contribution in [3.05, 3.63) is 0 Å². The highest BCUT2D eigenvalue weighted by molar-refractivity contribution is 7.80. The quantitative estimate of drug-likeness (QED) is 0.0875. The molecule has 0 fully saturated rings. The van der Waals surface area contributed by atoms with E-state index in [1.807, 2.05) is 0 Å². The van der Waals surface area contributed by atoms with Crippen molar-refractivity contribution >= 4 is 10.4 Å². The van der Waals surface area contributed by atoms with Gasteiger partial charge in [0.1, 0.15) is 0 Å². The van der Waals surface area contributed by atoms with Gasteiger partial charge in [-0.1, -0.05) is 0 Å². The molecule has 0 unspecified atom stereocenters. The van der Waals surface area contributed by atoms with Crippen molar-refractivity contribution in [2.24, 2.45) is 0 Å². The third kappa shape index (κ3) is 33.5. The normalized spacial score (nSPS) is 11.9. The minimum absolute atomic E-state index is 0.0347. The Balaban J connectivity index is 3.04. The first-order valence-electron chi connectivity index (χ1n) is 11.9. The first-order chi connectivity index (χ1) is 17.6. The smallest absolute Gasteiger partial charge is 0.382 e. The van der Waals surface area contributed by atoms with Crippen LogP contribution in [0.3, 0.4) is 0 Å². The zero-order valence-electron chi connectivity index (χ0n) is 21.3. The van der Waals surface area contributed by atoms with Crippen LogP contribution < -0.4 is 0 Å². The van der Waals surface area contributed by atoms with Crippen LogP contribution in [-0.4, -0.2) is 152 Å². The summed E-state index contributed by atoms with van der Waals surface area (Å²) in [5.74, 6) is 0. The number of ether oxygens (including phenoxy) is 10. The third-order valence-corrected chi connectivity index (χ3v) is 4.33. The van der Waals surface area contributed by atoms with Crippen LogP contribution in [-0.2, 0) is 62.0 Å². The predicted molar refractivity (Wildman–Crippen MR) is 127 cm³/mol. The summed E-state index contributed by atoms with van der Waals surface area (Å²) in [5.41, 5.74) is 0. The molecule has 0 saturated heterocycles. The fourth-order valence-corrected chi connectivity index (χ4v) is 2.48. The van der Waals surface area contributed by atoms with Gasteiger partial charge in [-0.05, 0) is 0 Å². The summed E-state index contributed by atoms with van der Waals surface area (Å²) in [5, 5.41) is 0. The summed E-state index contributed by atoms with van der Waals surface area (Å²) >= 11 is 0. The van der Waals surface area contributed by atoms with Crippen molar-refractivity contribution in [2.45, 2.75) is 0 Å². The Kier molecular flexibility index (Phi) is 28.6. The van der Waals surface area contributed by atoms with Crippen LogP contribution in [0.2, 0.25) is 0 Å². The van der Waals surface area contributed by atoms with Gasteiger partial charge >= 0.3 is 10.4 Å². The number of methoxy groups -OCH3 is 1. The Morgan fingerprint density at radius 2 is 0.583 bits per heavy atom. The van der Waals surface area contributed by atoms with Crippen molar-refractivity contribution in [3.63, 3.8) is 0 Å². The molecule has 0 aliphatic heterocycles. The van der Waals surface area contributed by atoms with E-state index in [9.17, 15) is 8.42 Å². The summed E-state index contributed by atoms with van der Waals surface area (Å²) < 4.78 is 85.9. The van der Waals surface area contributed by atoms with E-state index in [1.54, 1.807) is 7.11 Å². The molecule has 36 heavy (non-hydrogen) atoms. The molecule has 1 N–H and O–H groups in total. The summed E-state index contributed by atoms with van der Waals surface area (Å²) in [6.45, 7) is 8.33. The highest BCUT2D eigenvalue weighted by Crippen LogP contribution is 1.88. The van der Waals surface area contributed by atoms with E-state index < -0.39 is 10.4 Å². The molecule has 0 amide bonds. The molecule has 0 saturated carbocycles. The molecule has 0 radical (unpaired) electrons. The Morgan fingerprint density at radius 1 is 0.389 bits per heavy atom. The van der Waals surface area contributed by atoms with Gasteiger partial charge in [0.05, 0.1) is 132 Å². The average Bonchev–Trinajstić information content (AvgIpc) is 2.84. The van der Waals surface area contributed by atoms with Gasteiger partial charge in [0.25, 0.3) is 0 Å². The van der Waals surface area contributed by atoms with Crippen LogP contribution in [0.4, 0.5) is 0 Å². The highest BCUT2D eigenvalue weighted by Gasteiger charge is 2.02. The molecule has 0 aromatic rings. The Hall–Kier alpha value is -0.530. The van der Waals surface area contributed by atoms with Crippen molar-refractivity contribution in [1.29, 1.82) is 0 Å². The largest absolute Gasteiger partial charge is 0.397 e. The second kappa shape index (κ2) is 29.0. The summed E-state index contributed by atoms with van der Waals surface area (Å²) in [7, 11) is -2.78. The van der Waals surface area contributed by atoms with Crippen molar-refractivity contribution in [3.8, 4) is 0 Å².